The molecule has 0 aliphatic rings. The lowest BCUT2D eigenvalue weighted by molar-refractivity contribution is 0.456. The molecule has 0 bridgehead atoms. The van der Waals surface area contributed by atoms with Gasteiger partial charge >= 0.3 is 0 Å². The molecule has 0 amide bonds. The highest BCUT2D eigenvalue weighted by Crippen LogP contribution is 2.28. The third-order valence-corrected chi connectivity index (χ3v) is 2.56. The number of aromatic nitrogens is 1. The number of rotatable bonds is 3. The summed E-state index contributed by atoms with van der Waals surface area (Å²) in [5.74, 6) is 1.00. The van der Waals surface area contributed by atoms with E-state index >= 15 is 0 Å². The second-order valence-electron chi connectivity index (χ2n) is 3.38. The number of nitrogens with two attached hydrogens (primary N) is 1. The number of ether oxygens (including phenoxy) is 1. The van der Waals surface area contributed by atoms with Crippen molar-refractivity contribution in [2.75, 3.05) is 0 Å². The van der Waals surface area contributed by atoms with E-state index in [4.69, 9.17) is 33.7 Å². The van der Waals surface area contributed by atoms with Crippen LogP contribution in [0.15, 0.2) is 36.5 Å². The van der Waals surface area contributed by atoms with Gasteiger partial charge in [0, 0.05) is 28.4 Å². The standard InChI is InChI=1S/C12H10Cl2N2O/c13-9-4-10(14)6-11(5-9)17-12-8(7-15)2-1-3-16-12/h1-6H,7,15H2. The third-order valence-electron chi connectivity index (χ3n) is 2.12. The highest BCUT2D eigenvalue weighted by Gasteiger charge is 2.06. The molecule has 2 N–H and O–H groups in total. The first-order valence-electron chi connectivity index (χ1n) is 4.97. The molecule has 0 spiro atoms. The summed E-state index contributed by atoms with van der Waals surface area (Å²) in [6.07, 6.45) is 1.64. The van der Waals surface area contributed by atoms with Crippen LogP contribution in [0.25, 0.3) is 0 Å². The maximum Gasteiger partial charge on any atom is 0.223 e. The van der Waals surface area contributed by atoms with Crippen LogP contribution in [-0.2, 0) is 6.54 Å². The van der Waals surface area contributed by atoms with Gasteiger partial charge in [0.15, 0.2) is 0 Å². The van der Waals surface area contributed by atoms with Crippen molar-refractivity contribution in [2.24, 2.45) is 5.73 Å². The fraction of sp³-hybridized carbons (Fsp3) is 0.0833. The topological polar surface area (TPSA) is 48.1 Å². The quantitative estimate of drug-likeness (QED) is 0.925. The molecule has 17 heavy (non-hydrogen) atoms. The SMILES string of the molecule is NCc1cccnc1Oc1cc(Cl)cc(Cl)c1. The molecule has 3 nitrogen and oxygen atoms in total. The molecule has 0 saturated carbocycles. The van der Waals surface area contributed by atoms with Gasteiger partial charge in [-0.15, -0.1) is 0 Å². The van der Waals surface area contributed by atoms with E-state index in [-0.39, 0.29) is 0 Å². The molecule has 88 valence electrons. The molecule has 0 atom stereocenters. The van der Waals surface area contributed by atoms with Gasteiger partial charge < -0.3 is 10.5 Å². The zero-order valence-electron chi connectivity index (χ0n) is 8.86. The van der Waals surface area contributed by atoms with Gasteiger partial charge in [-0.1, -0.05) is 29.3 Å². The molecule has 0 aliphatic heterocycles. The van der Waals surface area contributed by atoms with E-state index in [2.05, 4.69) is 4.98 Å². The smallest absolute Gasteiger partial charge is 0.223 e. The van der Waals surface area contributed by atoms with Crippen LogP contribution in [0.2, 0.25) is 10.0 Å². The minimum atomic E-state index is 0.359. The molecule has 0 radical (unpaired) electrons. The van der Waals surface area contributed by atoms with Crippen molar-refractivity contribution >= 4 is 23.2 Å². The van der Waals surface area contributed by atoms with Crippen molar-refractivity contribution in [3.8, 4) is 11.6 Å². The summed E-state index contributed by atoms with van der Waals surface area (Å²) in [5, 5.41) is 1.02. The summed E-state index contributed by atoms with van der Waals surface area (Å²) in [6.45, 7) is 0.359. The van der Waals surface area contributed by atoms with Gasteiger partial charge in [0.1, 0.15) is 5.75 Å². The molecule has 5 heteroatoms. The highest BCUT2D eigenvalue weighted by atomic mass is 35.5. The number of pyridine rings is 1. The molecule has 1 heterocycles. The lowest BCUT2D eigenvalue weighted by Gasteiger charge is -2.08. The summed E-state index contributed by atoms with van der Waals surface area (Å²) in [4.78, 5) is 4.12. The van der Waals surface area contributed by atoms with E-state index in [1.165, 1.54) is 0 Å². The van der Waals surface area contributed by atoms with Crippen LogP contribution in [-0.4, -0.2) is 4.98 Å². The molecule has 1 aromatic heterocycles. The van der Waals surface area contributed by atoms with Crippen molar-refractivity contribution in [3.05, 3.63) is 52.1 Å². The van der Waals surface area contributed by atoms with E-state index in [9.17, 15) is 0 Å². The first kappa shape index (κ1) is 12.2. The molecule has 0 fully saturated rings. The summed E-state index contributed by atoms with van der Waals surface area (Å²) >= 11 is 11.8. The fourth-order valence-corrected chi connectivity index (χ4v) is 1.88. The minimum absolute atomic E-state index is 0.359. The largest absolute Gasteiger partial charge is 0.439 e. The second kappa shape index (κ2) is 5.36. The number of benzene rings is 1. The number of hydrogen-bond acceptors (Lipinski definition) is 3. The van der Waals surface area contributed by atoms with Crippen molar-refractivity contribution in [3.63, 3.8) is 0 Å². The first-order chi connectivity index (χ1) is 8.19. The van der Waals surface area contributed by atoms with E-state index in [0.717, 1.165) is 5.56 Å². The molecule has 0 saturated heterocycles. The molecule has 1 aromatic carbocycles. The Kier molecular flexibility index (Phi) is 3.84. The van der Waals surface area contributed by atoms with Crippen LogP contribution >= 0.6 is 23.2 Å². The zero-order chi connectivity index (χ0) is 12.3. The van der Waals surface area contributed by atoms with E-state index in [1.807, 2.05) is 6.07 Å². The normalized spacial score (nSPS) is 10.3. The van der Waals surface area contributed by atoms with Gasteiger partial charge in [-0.05, 0) is 24.3 Å². The summed E-state index contributed by atoms with van der Waals surface area (Å²) in [7, 11) is 0. The number of nitrogens with zero attached hydrogens (tertiary/aromatic N) is 1. The fourth-order valence-electron chi connectivity index (χ4n) is 1.37. The van der Waals surface area contributed by atoms with Crippen LogP contribution in [0.3, 0.4) is 0 Å². The lowest BCUT2D eigenvalue weighted by Crippen LogP contribution is -2.00. The summed E-state index contributed by atoms with van der Waals surface area (Å²) in [6, 6.07) is 8.64. The zero-order valence-corrected chi connectivity index (χ0v) is 10.4. The molecular weight excluding hydrogens is 259 g/mol. The molecule has 0 aliphatic carbocycles. The van der Waals surface area contributed by atoms with Crippen LogP contribution in [0.4, 0.5) is 0 Å². The second-order valence-corrected chi connectivity index (χ2v) is 4.25. The van der Waals surface area contributed by atoms with Gasteiger partial charge in [0.05, 0.1) is 0 Å². The van der Waals surface area contributed by atoms with Crippen LogP contribution in [0.1, 0.15) is 5.56 Å². The molecule has 2 rings (SSSR count). The maximum absolute atomic E-state index is 5.88. The van der Waals surface area contributed by atoms with Gasteiger partial charge in [-0.2, -0.15) is 0 Å². The lowest BCUT2D eigenvalue weighted by atomic mass is 10.3. The van der Waals surface area contributed by atoms with E-state index in [1.54, 1.807) is 30.5 Å². The Hall–Kier alpha value is -1.29. The Morgan fingerprint density at radius 2 is 1.88 bits per heavy atom. The van der Waals surface area contributed by atoms with Gasteiger partial charge in [-0.25, -0.2) is 4.98 Å². The Labute approximate surface area is 109 Å². The summed E-state index contributed by atoms with van der Waals surface area (Å²) < 4.78 is 5.60. The Morgan fingerprint density at radius 3 is 2.53 bits per heavy atom. The van der Waals surface area contributed by atoms with Gasteiger partial charge in [0.2, 0.25) is 5.88 Å². The Balaban J connectivity index is 2.31. The highest BCUT2D eigenvalue weighted by molar-refractivity contribution is 6.34. The van der Waals surface area contributed by atoms with Crippen LogP contribution < -0.4 is 10.5 Å². The monoisotopic (exact) mass is 268 g/mol. The van der Waals surface area contributed by atoms with Crippen molar-refractivity contribution in [1.82, 2.24) is 4.98 Å². The predicted octanol–water partition coefficient (Wildman–Crippen LogP) is 3.64. The average Bonchev–Trinajstić information content (AvgIpc) is 2.28. The Bertz CT molecular complexity index is 511. The molecule has 0 unspecified atom stereocenters. The predicted molar refractivity (Wildman–Crippen MR) is 68.7 cm³/mol. The molecular formula is C12H10Cl2N2O. The van der Waals surface area contributed by atoms with Crippen molar-refractivity contribution in [1.29, 1.82) is 0 Å². The van der Waals surface area contributed by atoms with Crippen LogP contribution in [0, 0.1) is 0 Å². The Morgan fingerprint density at radius 1 is 1.18 bits per heavy atom. The van der Waals surface area contributed by atoms with Crippen molar-refractivity contribution in [2.45, 2.75) is 6.54 Å². The third kappa shape index (κ3) is 3.09. The average molecular weight is 269 g/mol. The number of halogens is 2. The van der Waals surface area contributed by atoms with E-state index in [0.29, 0.717) is 28.2 Å². The molecule has 2 aromatic rings. The number of hydrogen-bond donors (Lipinski definition) is 1. The summed E-state index contributed by atoms with van der Waals surface area (Å²) in [5.41, 5.74) is 6.41. The van der Waals surface area contributed by atoms with E-state index < -0.39 is 0 Å². The minimum Gasteiger partial charge on any atom is -0.439 e. The van der Waals surface area contributed by atoms with Crippen molar-refractivity contribution < 1.29 is 4.74 Å². The van der Waals surface area contributed by atoms with Gasteiger partial charge in [-0.3, -0.25) is 0 Å². The maximum atomic E-state index is 5.88. The van der Waals surface area contributed by atoms with Crippen LogP contribution in [0.5, 0.6) is 11.6 Å². The first-order valence-corrected chi connectivity index (χ1v) is 5.72. The van der Waals surface area contributed by atoms with Gasteiger partial charge in [0.25, 0.3) is 0 Å².